The van der Waals surface area contributed by atoms with Crippen molar-refractivity contribution in [2.45, 2.75) is 18.9 Å². The Morgan fingerprint density at radius 2 is 2.23 bits per heavy atom. The average Bonchev–Trinajstić information content (AvgIpc) is 3.14. The van der Waals surface area contributed by atoms with Crippen LogP contribution in [0.4, 0.5) is 0 Å². The third kappa shape index (κ3) is 2.57. The van der Waals surface area contributed by atoms with E-state index < -0.39 is 5.97 Å². The minimum Gasteiger partial charge on any atom is -0.496 e. The van der Waals surface area contributed by atoms with Gasteiger partial charge in [-0.3, -0.25) is 4.79 Å². The van der Waals surface area contributed by atoms with Crippen molar-refractivity contribution in [3.63, 3.8) is 0 Å². The molecule has 0 spiro atoms. The zero-order chi connectivity index (χ0) is 15.7. The van der Waals surface area contributed by atoms with Crippen molar-refractivity contribution in [3.8, 4) is 5.75 Å². The molecule has 1 amide bonds. The Balaban J connectivity index is 1.78. The summed E-state index contributed by atoms with van der Waals surface area (Å²) in [6.07, 6.45) is 1.67. The van der Waals surface area contributed by atoms with Gasteiger partial charge in [0, 0.05) is 5.38 Å². The lowest BCUT2D eigenvalue weighted by molar-refractivity contribution is 0.0697. The first-order valence-electron chi connectivity index (χ1n) is 6.88. The molecule has 114 valence electrons. The number of ether oxygens (including phenoxy) is 1. The molecule has 6 heteroatoms. The highest BCUT2D eigenvalue weighted by Gasteiger charge is 2.27. The molecule has 1 aromatic heterocycles. The standard InChI is InChI=1S/C16H15NO4S/c1-21-13-4-2-3-10-11(13)5-6-12(10)17-15(18)14-7-9(8-22-14)16(19)20/h2-4,7-8,12H,5-6H2,1H3,(H,17,18)(H,19,20). The van der Waals surface area contributed by atoms with Gasteiger partial charge >= 0.3 is 5.97 Å². The Hall–Kier alpha value is -2.34. The molecule has 1 aliphatic carbocycles. The van der Waals surface area contributed by atoms with E-state index in [1.807, 2.05) is 18.2 Å². The molecule has 1 aromatic carbocycles. The van der Waals surface area contributed by atoms with Gasteiger partial charge < -0.3 is 15.2 Å². The normalized spacial score (nSPS) is 16.1. The summed E-state index contributed by atoms with van der Waals surface area (Å²) in [5, 5.41) is 13.4. The van der Waals surface area contributed by atoms with Crippen molar-refractivity contribution < 1.29 is 19.4 Å². The van der Waals surface area contributed by atoms with E-state index in [9.17, 15) is 9.59 Å². The van der Waals surface area contributed by atoms with Crippen molar-refractivity contribution in [2.24, 2.45) is 0 Å². The predicted molar refractivity (Wildman–Crippen MR) is 82.8 cm³/mol. The van der Waals surface area contributed by atoms with Crippen molar-refractivity contribution in [1.82, 2.24) is 5.32 Å². The summed E-state index contributed by atoms with van der Waals surface area (Å²) in [7, 11) is 1.64. The van der Waals surface area contributed by atoms with Crippen LogP contribution in [0.3, 0.4) is 0 Å². The second kappa shape index (κ2) is 5.81. The first-order chi connectivity index (χ1) is 10.6. The third-order valence-electron chi connectivity index (χ3n) is 3.82. The van der Waals surface area contributed by atoms with Crippen LogP contribution in [0.5, 0.6) is 5.75 Å². The number of hydrogen-bond acceptors (Lipinski definition) is 4. The summed E-state index contributed by atoms with van der Waals surface area (Å²) in [5.41, 5.74) is 2.35. The number of nitrogens with one attached hydrogen (secondary N) is 1. The molecule has 0 radical (unpaired) electrons. The maximum Gasteiger partial charge on any atom is 0.336 e. The summed E-state index contributed by atoms with van der Waals surface area (Å²) >= 11 is 1.14. The van der Waals surface area contributed by atoms with E-state index in [0.29, 0.717) is 4.88 Å². The van der Waals surface area contributed by atoms with E-state index in [-0.39, 0.29) is 17.5 Å². The Bertz CT molecular complexity index is 737. The molecule has 22 heavy (non-hydrogen) atoms. The molecule has 3 rings (SSSR count). The summed E-state index contributed by atoms with van der Waals surface area (Å²) in [4.78, 5) is 23.6. The number of carbonyl (C=O) groups excluding carboxylic acids is 1. The van der Waals surface area contributed by atoms with Gasteiger partial charge in [-0.15, -0.1) is 11.3 Å². The van der Waals surface area contributed by atoms with Crippen LogP contribution in [0, 0.1) is 0 Å². The lowest BCUT2D eigenvalue weighted by Crippen LogP contribution is -2.26. The number of carboxylic acids is 1. The van der Waals surface area contributed by atoms with Gasteiger partial charge in [0.2, 0.25) is 0 Å². The van der Waals surface area contributed by atoms with Crippen LogP contribution < -0.4 is 10.1 Å². The summed E-state index contributed by atoms with van der Waals surface area (Å²) in [6, 6.07) is 7.17. The maximum atomic E-state index is 12.3. The van der Waals surface area contributed by atoms with Crippen LogP contribution in [0.1, 0.15) is 43.6 Å². The van der Waals surface area contributed by atoms with Crippen LogP contribution in [-0.4, -0.2) is 24.1 Å². The number of aromatic carboxylic acids is 1. The molecule has 2 aromatic rings. The number of thiophene rings is 1. The molecule has 1 atom stereocenters. The summed E-state index contributed by atoms with van der Waals surface area (Å²) in [6.45, 7) is 0. The highest BCUT2D eigenvalue weighted by atomic mass is 32.1. The number of carbonyl (C=O) groups is 2. The number of fused-ring (bicyclic) bond motifs is 1. The van der Waals surface area contributed by atoms with Gasteiger partial charge in [0.15, 0.2) is 0 Å². The monoisotopic (exact) mass is 317 g/mol. The van der Waals surface area contributed by atoms with Gasteiger partial charge in [-0.25, -0.2) is 4.79 Å². The quantitative estimate of drug-likeness (QED) is 0.909. The lowest BCUT2D eigenvalue weighted by atomic mass is 10.1. The molecule has 0 saturated carbocycles. The minimum absolute atomic E-state index is 0.0621. The second-order valence-electron chi connectivity index (χ2n) is 5.10. The number of benzene rings is 1. The maximum absolute atomic E-state index is 12.3. The third-order valence-corrected chi connectivity index (χ3v) is 4.75. The Kier molecular flexibility index (Phi) is 3.85. The van der Waals surface area contributed by atoms with E-state index in [1.54, 1.807) is 7.11 Å². The van der Waals surface area contributed by atoms with Gasteiger partial charge in [-0.1, -0.05) is 12.1 Å². The Morgan fingerprint density at radius 1 is 1.41 bits per heavy atom. The number of methoxy groups -OCH3 is 1. The van der Waals surface area contributed by atoms with E-state index >= 15 is 0 Å². The number of rotatable bonds is 4. The Labute approximate surface area is 131 Å². The first-order valence-corrected chi connectivity index (χ1v) is 7.76. The van der Waals surface area contributed by atoms with Crippen molar-refractivity contribution >= 4 is 23.2 Å². The number of carboxylic acid groups (broad SMARTS) is 1. The van der Waals surface area contributed by atoms with E-state index in [1.165, 1.54) is 11.4 Å². The summed E-state index contributed by atoms with van der Waals surface area (Å²) in [5.74, 6) is -0.414. The molecule has 1 heterocycles. The van der Waals surface area contributed by atoms with Crippen molar-refractivity contribution in [3.05, 3.63) is 51.2 Å². The largest absolute Gasteiger partial charge is 0.496 e. The Morgan fingerprint density at radius 3 is 2.91 bits per heavy atom. The van der Waals surface area contributed by atoms with Crippen LogP contribution in [0.2, 0.25) is 0 Å². The molecule has 0 saturated heterocycles. The van der Waals surface area contributed by atoms with Crippen molar-refractivity contribution in [1.29, 1.82) is 0 Å². The molecule has 1 aliphatic rings. The zero-order valence-corrected chi connectivity index (χ0v) is 12.8. The molecular weight excluding hydrogens is 302 g/mol. The fourth-order valence-corrected chi connectivity index (χ4v) is 3.54. The van der Waals surface area contributed by atoms with E-state index in [2.05, 4.69) is 5.32 Å². The minimum atomic E-state index is -1.02. The van der Waals surface area contributed by atoms with Gasteiger partial charge in [-0.2, -0.15) is 0 Å². The SMILES string of the molecule is COc1cccc2c1CCC2NC(=O)c1cc(C(=O)O)cs1. The van der Waals surface area contributed by atoms with Gasteiger partial charge in [0.05, 0.1) is 23.6 Å². The molecular formula is C16H15NO4S. The predicted octanol–water partition coefficient (Wildman–Crippen LogP) is 2.87. The highest BCUT2D eigenvalue weighted by molar-refractivity contribution is 7.12. The van der Waals surface area contributed by atoms with Crippen molar-refractivity contribution in [2.75, 3.05) is 7.11 Å². The molecule has 0 bridgehead atoms. The fourth-order valence-electron chi connectivity index (χ4n) is 2.76. The summed E-state index contributed by atoms with van der Waals surface area (Å²) < 4.78 is 5.35. The smallest absolute Gasteiger partial charge is 0.336 e. The van der Waals surface area contributed by atoms with Gasteiger partial charge in [-0.05, 0) is 36.1 Å². The molecule has 0 fully saturated rings. The van der Waals surface area contributed by atoms with E-state index in [4.69, 9.17) is 9.84 Å². The molecule has 0 aliphatic heterocycles. The molecule has 5 nitrogen and oxygen atoms in total. The number of hydrogen-bond donors (Lipinski definition) is 2. The van der Waals surface area contributed by atoms with Gasteiger partial charge in [0.1, 0.15) is 5.75 Å². The lowest BCUT2D eigenvalue weighted by Gasteiger charge is -2.14. The zero-order valence-electron chi connectivity index (χ0n) is 12.0. The van der Waals surface area contributed by atoms with E-state index in [0.717, 1.165) is 41.1 Å². The molecule has 2 N–H and O–H groups in total. The van der Waals surface area contributed by atoms with Gasteiger partial charge in [0.25, 0.3) is 5.91 Å². The topological polar surface area (TPSA) is 75.6 Å². The number of amides is 1. The van der Waals surface area contributed by atoms with Crippen LogP contribution in [0.15, 0.2) is 29.6 Å². The fraction of sp³-hybridized carbons (Fsp3) is 0.250. The highest BCUT2D eigenvalue weighted by Crippen LogP contribution is 2.37. The average molecular weight is 317 g/mol. The van der Waals surface area contributed by atoms with Crippen LogP contribution in [-0.2, 0) is 6.42 Å². The molecule has 1 unspecified atom stereocenters. The second-order valence-corrected chi connectivity index (χ2v) is 6.01. The first kappa shape index (κ1) is 14.6. The van der Waals surface area contributed by atoms with Crippen LogP contribution >= 0.6 is 11.3 Å². The van der Waals surface area contributed by atoms with Crippen LogP contribution in [0.25, 0.3) is 0 Å².